The number of fused-ring (bicyclic) bond motifs is 1. The molecular formula is C6H5BrN2S. The summed E-state index contributed by atoms with van der Waals surface area (Å²) in [6.07, 6.45) is 3.88. The molecule has 2 nitrogen and oxygen atoms in total. The van der Waals surface area contributed by atoms with Crippen LogP contribution in [-0.2, 0) is 0 Å². The normalized spacial score (nSPS) is 11.0. The molecule has 0 saturated carbocycles. The van der Waals surface area contributed by atoms with Gasteiger partial charge >= 0.3 is 0 Å². The summed E-state index contributed by atoms with van der Waals surface area (Å²) in [6.45, 7) is 2.08. The molecule has 0 unspecified atom stereocenters. The number of imidazole rings is 1. The van der Waals surface area contributed by atoms with Crippen molar-refractivity contribution >= 4 is 32.2 Å². The number of thiazole rings is 1. The van der Waals surface area contributed by atoms with Crippen LogP contribution in [0.3, 0.4) is 0 Å². The first-order chi connectivity index (χ1) is 4.77. The fourth-order valence-corrected chi connectivity index (χ4v) is 2.16. The Morgan fingerprint density at radius 3 is 3.20 bits per heavy atom. The van der Waals surface area contributed by atoms with E-state index >= 15 is 0 Å². The van der Waals surface area contributed by atoms with Crippen LogP contribution in [0.25, 0.3) is 4.96 Å². The van der Waals surface area contributed by atoms with Crippen LogP contribution in [-0.4, -0.2) is 9.38 Å². The Morgan fingerprint density at radius 1 is 1.70 bits per heavy atom. The van der Waals surface area contributed by atoms with Gasteiger partial charge in [0.2, 0.25) is 0 Å². The fraction of sp³-hybridized carbons (Fsp3) is 0.167. The van der Waals surface area contributed by atoms with E-state index < -0.39 is 0 Å². The van der Waals surface area contributed by atoms with Crippen molar-refractivity contribution in [1.82, 2.24) is 9.38 Å². The summed E-state index contributed by atoms with van der Waals surface area (Å²) >= 11 is 5.08. The van der Waals surface area contributed by atoms with Crippen molar-refractivity contribution in [1.29, 1.82) is 0 Å². The number of aryl methyl sites for hydroxylation is 1. The van der Waals surface area contributed by atoms with Crippen LogP contribution < -0.4 is 0 Å². The van der Waals surface area contributed by atoms with E-state index in [1.165, 1.54) is 4.88 Å². The summed E-state index contributed by atoms with van der Waals surface area (Å²) in [7, 11) is 0. The lowest BCUT2D eigenvalue weighted by Crippen LogP contribution is -1.72. The molecule has 0 aliphatic rings. The predicted molar refractivity (Wildman–Crippen MR) is 45.5 cm³/mol. The third kappa shape index (κ3) is 0.793. The van der Waals surface area contributed by atoms with Gasteiger partial charge in [-0.3, -0.25) is 4.40 Å². The molecule has 0 aliphatic heterocycles. The van der Waals surface area contributed by atoms with E-state index in [2.05, 4.69) is 34.0 Å². The standard InChI is InChI=1S/C6H5BrN2S/c1-4-3-9-5(7)2-8-6(9)10-4/h2-3H,1H3. The van der Waals surface area contributed by atoms with E-state index in [1.807, 2.05) is 10.6 Å². The molecule has 0 fully saturated rings. The molecular weight excluding hydrogens is 212 g/mol. The van der Waals surface area contributed by atoms with Gasteiger partial charge in [-0.15, -0.1) is 11.3 Å². The molecule has 0 atom stereocenters. The second-order valence-electron chi connectivity index (χ2n) is 2.08. The second-order valence-corrected chi connectivity index (χ2v) is 4.10. The summed E-state index contributed by atoms with van der Waals surface area (Å²) in [5, 5.41) is 0. The summed E-state index contributed by atoms with van der Waals surface area (Å²) in [6, 6.07) is 0. The highest BCUT2D eigenvalue weighted by Crippen LogP contribution is 2.20. The Morgan fingerprint density at radius 2 is 2.50 bits per heavy atom. The van der Waals surface area contributed by atoms with Gasteiger partial charge in [0, 0.05) is 11.1 Å². The molecule has 0 spiro atoms. The lowest BCUT2D eigenvalue weighted by molar-refractivity contribution is 1.18. The topological polar surface area (TPSA) is 17.3 Å². The minimum atomic E-state index is 1.02. The molecule has 0 N–H and O–H groups in total. The van der Waals surface area contributed by atoms with E-state index in [1.54, 1.807) is 11.3 Å². The number of halogens is 1. The van der Waals surface area contributed by atoms with Crippen molar-refractivity contribution in [3.05, 3.63) is 21.9 Å². The van der Waals surface area contributed by atoms with Gasteiger partial charge in [-0.05, 0) is 22.9 Å². The first-order valence-corrected chi connectivity index (χ1v) is 4.47. The van der Waals surface area contributed by atoms with Gasteiger partial charge in [-0.25, -0.2) is 4.98 Å². The second kappa shape index (κ2) is 2.07. The number of nitrogens with zero attached hydrogens (tertiary/aromatic N) is 2. The molecule has 0 saturated heterocycles. The van der Waals surface area contributed by atoms with E-state index in [0.29, 0.717) is 0 Å². The monoisotopic (exact) mass is 216 g/mol. The smallest absolute Gasteiger partial charge is 0.194 e. The summed E-state index contributed by atoms with van der Waals surface area (Å²) in [5.74, 6) is 0. The van der Waals surface area contributed by atoms with Crippen molar-refractivity contribution in [2.45, 2.75) is 6.92 Å². The number of aromatic nitrogens is 2. The lowest BCUT2D eigenvalue weighted by Gasteiger charge is -1.80. The van der Waals surface area contributed by atoms with Gasteiger partial charge in [0.05, 0.1) is 6.20 Å². The maximum atomic E-state index is 4.17. The highest BCUT2D eigenvalue weighted by Gasteiger charge is 2.01. The molecule has 4 heteroatoms. The molecule has 0 radical (unpaired) electrons. The predicted octanol–water partition coefficient (Wildman–Crippen LogP) is 2.47. The minimum absolute atomic E-state index is 1.02. The van der Waals surface area contributed by atoms with Crippen LogP contribution in [0.2, 0.25) is 0 Å². The third-order valence-corrected chi connectivity index (χ3v) is 2.78. The van der Waals surface area contributed by atoms with Gasteiger partial charge in [0.25, 0.3) is 0 Å². The molecule has 0 aliphatic carbocycles. The first kappa shape index (κ1) is 6.37. The maximum absolute atomic E-state index is 4.17. The fourth-order valence-electron chi connectivity index (χ4n) is 0.869. The highest BCUT2D eigenvalue weighted by molar-refractivity contribution is 9.10. The van der Waals surface area contributed by atoms with Gasteiger partial charge in [0.15, 0.2) is 4.96 Å². The molecule has 2 rings (SSSR count). The van der Waals surface area contributed by atoms with Gasteiger partial charge in [-0.1, -0.05) is 0 Å². The van der Waals surface area contributed by atoms with Gasteiger partial charge < -0.3 is 0 Å². The molecule has 0 amide bonds. The zero-order chi connectivity index (χ0) is 7.14. The van der Waals surface area contributed by atoms with Crippen molar-refractivity contribution in [3.63, 3.8) is 0 Å². The first-order valence-electron chi connectivity index (χ1n) is 2.86. The highest BCUT2D eigenvalue weighted by atomic mass is 79.9. The Labute approximate surface area is 70.6 Å². The Kier molecular flexibility index (Phi) is 1.32. The average Bonchev–Trinajstić information content (AvgIpc) is 2.35. The van der Waals surface area contributed by atoms with Crippen molar-refractivity contribution < 1.29 is 0 Å². The quantitative estimate of drug-likeness (QED) is 0.662. The SMILES string of the molecule is Cc1cn2c(Br)cnc2s1. The van der Waals surface area contributed by atoms with Crippen LogP contribution in [0, 0.1) is 6.92 Å². The molecule has 52 valence electrons. The summed E-state index contributed by atoms with van der Waals surface area (Å²) < 4.78 is 3.05. The number of rotatable bonds is 0. The van der Waals surface area contributed by atoms with Crippen LogP contribution >= 0.6 is 27.3 Å². The van der Waals surface area contributed by atoms with Gasteiger partial charge in [-0.2, -0.15) is 0 Å². The van der Waals surface area contributed by atoms with Crippen LogP contribution in [0.1, 0.15) is 4.88 Å². The summed E-state index contributed by atoms with van der Waals surface area (Å²) in [5.41, 5.74) is 0. The Hall–Kier alpha value is -0.350. The molecule has 0 aromatic carbocycles. The zero-order valence-electron chi connectivity index (χ0n) is 5.34. The average molecular weight is 217 g/mol. The van der Waals surface area contributed by atoms with Crippen molar-refractivity contribution in [3.8, 4) is 0 Å². The van der Waals surface area contributed by atoms with Crippen molar-refractivity contribution in [2.24, 2.45) is 0 Å². The van der Waals surface area contributed by atoms with Crippen molar-refractivity contribution in [2.75, 3.05) is 0 Å². The molecule has 2 aromatic rings. The largest absolute Gasteiger partial charge is 0.284 e. The van der Waals surface area contributed by atoms with Gasteiger partial charge in [0.1, 0.15) is 4.60 Å². The Balaban J connectivity index is 2.90. The maximum Gasteiger partial charge on any atom is 0.194 e. The van der Waals surface area contributed by atoms with Crippen LogP contribution in [0.5, 0.6) is 0 Å². The molecule has 10 heavy (non-hydrogen) atoms. The van der Waals surface area contributed by atoms with Crippen LogP contribution in [0.4, 0.5) is 0 Å². The number of hydrogen-bond donors (Lipinski definition) is 0. The molecule has 2 heterocycles. The van der Waals surface area contributed by atoms with E-state index in [0.717, 1.165) is 9.56 Å². The Bertz CT molecular complexity index is 363. The molecule has 0 bridgehead atoms. The number of hydrogen-bond acceptors (Lipinski definition) is 2. The van der Waals surface area contributed by atoms with E-state index in [-0.39, 0.29) is 0 Å². The van der Waals surface area contributed by atoms with E-state index in [4.69, 9.17) is 0 Å². The third-order valence-electron chi connectivity index (χ3n) is 1.28. The molecule has 2 aromatic heterocycles. The lowest BCUT2D eigenvalue weighted by atomic mass is 10.6. The van der Waals surface area contributed by atoms with Crippen LogP contribution in [0.15, 0.2) is 17.0 Å². The zero-order valence-corrected chi connectivity index (χ0v) is 7.74. The minimum Gasteiger partial charge on any atom is -0.284 e. The van der Waals surface area contributed by atoms with E-state index in [9.17, 15) is 0 Å². The summed E-state index contributed by atoms with van der Waals surface area (Å²) in [4.78, 5) is 6.50.